The number of hydrogen-bond donors (Lipinski definition) is 0. The van der Waals surface area contributed by atoms with Crippen molar-refractivity contribution in [1.82, 2.24) is 9.80 Å². The molecule has 0 aromatic heterocycles. The number of rotatable bonds is 6. The average molecular weight is 329 g/mol. The van der Waals surface area contributed by atoms with Gasteiger partial charge in [-0.1, -0.05) is 18.2 Å². The van der Waals surface area contributed by atoms with Crippen LogP contribution in [-0.4, -0.2) is 52.9 Å². The van der Waals surface area contributed by atoms with Crippen molar-refractivity contribution >= 4 is 17.7 Å². The molecule has 2 rings (SSSR count). The van der Waals surface area contributed by atoms with Crippen molar-refractivity contribution in [2.45, 2.75) is 19.5 Å². The lowest BCUT2D eigenvalue weighted by Gasteiger charge is -2.34. The molecule has 0 spiro atoms. The summed E-state index contributed by atoms with van der Waals surface area (Å²) in [7, 11) is 0. The third-order valence-electron chi connectivity index (χ3n) is 4.04. The van der Waals surface area contributed by atoms with Crippen LogP contribution in [0.2, 0.25) is 0 Å². The van der Waals surface area contributed by atoms with Crippen molar-refractivity contribution in [3.63, 3.8) is 0 Å². The van der Waals surface area contributed by atoms with Crippen molar-refractivity contribution in [1.29, 1.82) is 5.26 Å². The predicted octanol–water partition coefficient (Wildman–Crippen LogP) is 2.51. The summed E-state index contributed by atoms with van der Waals surface area (Å²) in [6, 6.07) is 9.45. The van der Waals surface area contributed by atoms with Crippen LogP contribution >= 0.6 is 11.8 Å². The Labute approximate surface area is 142 Å². The first-order valence-corrected chi connectivity index (χ1v) is 9.01. The zero-order valence-electron chi connectivity index (χ0n) is 13.6. The summed E-state index contributed by atoms with van der Waals surface area (Å²) >= 11 is 1.94. The minimum Gasteiger partial charge on any atom is -0.333 e. The minimum absolute atomic E-state index is 0.116. The summed E-state index contributed by atoms with van der Waals surface area (Å²) < 4.78 is 0. The fourth-order valence-electron chi connectivity index (χ4n) is 2.73. The average Bonchev–Trinajstić information content (AvgIpc) is 2.61. The first-order valence-electron chi connectivity index (χ1n) is 7.86. The third kappa shape index (κ3) is 4.85. The van der Waals surface area contributed by atoms with E-state index in [0.29, 0.717) is 18.7 Å². The van der Waals surface area contributed by atoms with Crippen LogP contribution in [0.4, 0.5) is 0 Å². The van der Waals surface area contributed by atoms with Crippen LogP contribution in [0.1, 0.15) is 18.1 Å². The molecule has 122 valence electrons. The standard InChI is InChI=1S/C18H23N3OS/c1-3-7-21(14-17-6-4-5-16(12-17)13-19)18(22)15(2)20-8-10-23-11-9-20/h3-6,12,15H,1,7-11,14H2,2H3/t15-/m1/s1. The van der Waals surface area contributed by atoms with Crippen molar-refractivity contribution in [2.75, 3.05) is 31.1 Å². The molecule has 23 heavy (non-hydrogen) atoms. The van der Waals surface area contributed by atoms with E-state index in [-0.39, 0.29) is 11.9 Å². The molecule has 0 bridgehead atoms. The number of amides is 1. The van der Waals surface area contributed by atoms with E-state index in [1.165, 1.54) is 0 Å². The van der Waals surface area contributed by atoms with Gasteiger partial charge in [-0.05, 0) is 24.6 Å². The third-order valence-corrected chi connectivity index (χ3v) is 4.98. The second-order valence-electron chi connectivity index (χ2n) is 5.64. The largest absolute Gasteiger partial charge is 0.333 e. The molecule has 1 aromatic rings. The number of carbonyl (C=O) groups is 1. The zero-order valence-corrected chi connectivity index (χ0v) is 14.4. The zero-order chi connectivity index (χ0) is 16.7. The molecule has 1 aromatic carbocycles. The lowest BCUT2D eigenvalue weighted by Crippen LogP contribution is -2.49. The van der Waals surface area contributed by atoms with Gasteiger partial charge in [0.25, 0.3) is 0 Å². The van der Waals surface area contributed by atoms with Crippen molar-refractivity contribution in [2.24, 2.45) is 0 Å². The maximum absolute atomic E-state index is 12.9. The van der Waals surface area contributed by atoms with Crippen LogP contribution in [0.15, 0.2) is 36.9 Å². The van der Waals surface area contributed by atoms with E-state index in [4.69, 9.17) is 5.26 Å². The Morgan fingerprint density at radius 1 is 1.52 bits per heavy atom. The number of hydrogen-bond acceptors (Lipinski definition) is 4. The summed E-state index contributed by atoms with van der Waals surface area (Å²) in [6.45, 7) is 8.70. The van der Waals surface area contributed by atoms with Gasteiger partial charge < -0.3 is 4.90 Å². The molecule has 0 unspecified atom stereocenters. The maximum atomic E-state index is 12.9. The SMILES string of the molecule is C=CCN(Cc1cccc(C#N)c1)C(=O)[C@@H](C)N1CCSCC1. The number of nitriles is 1. The van der Waals surface area contributed by atoms with Gasteiger partial charge in [0.05, 0.1) is 17.7 Å². The molecular weight excluding hydrogens is 306 g/mol. The van der Waals surface area contributed by atoms with Gasteiger partial charge in [-0.3, -0.25) is 9.69 Å². The van der Waals surface area contributed by atoms with Gasteiger partial charge in [0.1, 0.15) is 0 Å². The molecule has 1 aliphatic rings. The summed E-state index contributed by atoms with van der Waals surface area (Å²) in [5, 5.41) is 9.01. The molecule has 1 atom stereocenters. The Morgan fingerprint density at radius 2 is 2.26 bits per heavy atom. The molecule has 4 nitrogen and oxygen atoms in total. The van der Waals surface area contributed by atoms with Crippen molar-refractivity contribution in [3.05, 3.63) is 48.0 Å². The van der Waals surface area contributed by atoms with Gasteiger partial charge in [0.2, 0.25) is 5.91 Å². The second kappa shape index (κ2) is 8.76. The number of thioether (sulfide) groups is 1. The smallest absolute Gasteiger partial charge is 0.240 e. The molecule has 1 saturated heterocycles. The normalized spacial score (nSPS) is 16.3. The molecule has 5 heteroatoms. The van der Waals surface area contributed by atoms with Crippen LogP contribution in [0.25, 0.3) is 0 Å². The minimum atomic E-state index is -0.116. The van der Waals surface area contributed by atoms with E-state index in [0.717, 1.165) is 30.2 Å². The van der Waals surface area contributed by atoms with Gasteiger partial charge in [0.15, 0.2) is 0 Å². The predicted molar refractivity (Wildman–Crippen MR) is 95.1 cm³/mol. The molecule has 1 fully saturated rings. The summed E-state index contributed by atoms with van der Waals surface area (Å²) in [6.07, 6.45) is 1.75. The van der Waals surface area contributed by atoms with Crippen LogP contribution < -0.4 is 0 Å². The number of nitrogens with zero attached hydrogens (tertiary/aromatic N) is 3. The molecule has 1 aliphatic heterocycles. The molecule has 1 heterocycles. The van der Waals surface area contributed by atoms with Gasteiger partial charge >= 0.3 is 0 Å². The summed E-state index contributed by atoms with van der Waals surface area (Å²) in [5.74, 6) is 2.30. The first-order chi connectivity index (χ1) is 11.2. The van der Waals surface area contributed by atoms with Crippen molar-refractivity contribution < 1.29 is 4.79 Å². The summed E-state index contributed by atoms with van der Waals surface area (Å²) in [5.41, 5.74) is 1.59. The lowest BCUT2D eigenvalue weighted by molar-refractivity contribution is -0.136. The first kappa shape index (κ1) is 17.6. The van der Waals surface area contributed by atoms with Crippen LogP contribution in [0.5, 0.6) is 0 Å². The molecule has 0 aliphatic carbocycles. The quantitative estimate of drug-likeness (QED) is 0.753. The topological polar surface area (TPSA) is 47.3 Å². The fraction of sp³-hybridized carbons (Fsp3) is 0.444. The fourth-order valence-corrected chi connectivity index (χ4v) is 3.66. The highest BCUT2D eigenvalue weighted by atomic mass is 32.2. The van der Waals surface area contributed by atoms with Crippen LogP contribution in [-0.2, 0) is 11.3 Å². The maximum Gasteiger partial charge on any atom is 0.240 e. The molecular formula is C18H23N3OS. The van der Waals surface area contributed by atoms with E-state index in [1.807, 2.05) is 41.8 Å². The monoisotopic (exact) mass is 329 g/mol. The molecule has 0 N–H and O–H groups in total. The van der Waals surface area contributed by atoms with E-state index >= 15 is 0 Å². The Morgan fingerprint density at radius 3 is 2.91 bits per heavy atom. The highest BCUT2D eigenvalue weighted by molar-refractivity contribution is 7.99. The van der Waals surface area contributed by atoms with Crippen LogP contribution in [0.3, 0.4) is 0 Å². The number of benzene rings is 1. The van der Waals surface area contributed by atoms with E-state index in [1.54, 1.807) is 12.1 Å². The van der Waals surface area contributed by atoms with E-state index in [9.17, 15) is 4.79 Å². The Hall–Kier alpha value is -1.77. The lowest BCUT2D eigenvalue weighted by atomic mass is 10.1. The van der Waals surface area contributed by atoms with Gasteiger partial charge in [0, 0.05) is 37.7 Å². The Kier molecular flexibility index (Phi) is 6.69. The highest BCUT2D eigenvalue weighted by Crippen LogP contribution is 2.15. The Bertz CT molecular complexity index is 590. The molecule has 0 radical (unpaired) electrons. The molecule has 1 amide bonds. The van der Waals surface area contributed by atoms with Gasteiger partial charge in [-0.25, -0.2) is 0 Å². The van der Waals surface area contributed by atoms with E-state index in [2.05, 4.69) is 17.5 Å². The van der Waals surface area contributed by atoms with Gasteiger partial charge in [-0.15, -0.1) is 6.58 Å². The highest BCUT2D eigenvalue weighted by Gasteiger charge is 2.26. The molecule has 0 saturated carbocycles. The Balaban J connectivity index is 2.08. The van der Waals surface area contributed by atoms with Crippen LogP contribution in [0, 0.1) is 11.3 Å². The van der Waals surface area contributed by atoms with E-state index < -0.39 is 0 Å². The van der Waals surface area contributed by atoms with Gasteiger partial charge in [-0.2, -0.15) is 17.0 Å². The number of carbonyl (C=O) groups excluding carboxylic acids is 1. The summed E-state index contributed by atoms with van der Waals surface area (Å²) in [4.78, 5) is 16.9. The second-order valence-corrected chi connectivity index (χ2v) is 6.87. The van der Waals surface area contributed by atoms with Crippen molar-refractivity contribution in [3.8, 4) is 6.07 Å².